The lowest BCUT2D eigenvalue weighted by Gasteiger charge is -2.21. The highest BCUT2D eigenvalue weighted by Crippen LogP contribution is 2.28. The van der Waals surface area contributed by atoms with Gasteiger partial charge in [0, 0.05) is 23.6 Å². The molecule has 0 aliphatic carbocycles. The lowest BCUT2D eigenvalue weighted by molar-refractivity contribution is 0.443. The molecule has 1 aromatic heterocycles. The number of aromatic nitrogens is 1. The highest BCUT2D eigenvalue weighted by atomic mass is 16.2. The Morgan fingerprint density at radius 3 is 2.45 bits per heavy atom. The molecule has 3 N–H and O–H groups in total. The summed E-state index contributed by atoms with van der Waals surface area (Å²) in [5, 5.41) is 7.15. The van der Waals surface area contributed by atoms with E-state index >= 15 is 0 Å². The fourth-order valence-corrected chi connectivity index (χ4v) is 2.34. The SMILES string of the molecule is CC(C)(C)CNc1c(Nc2c[nH]c3ccccc23)c(=O)c1=O. The van der Waals surface area contributed by atoms with E-state index in [0.29, 0.717) is 17.9 Å². The average Bonchev–Trinajstić information content (AvgIpc) is 2.88. The second kappa shape index (κ2) is 5.02. The lowest BCUT2D eigenvalue weighted by Crippen LogP contribution is -2.38. The number of fused-ring (bicyclic) bond motifs is 1. The highest BCUT2D eigenvalue weighted by molar-refractivity contribution is 5.95. The summed E-state index contributed by atoms with van der Waals surface area (Å²) in [6.07, 6.45) is 1.80. The summed E-state index contributed by atoms with van der Waals surface area (Å²) in [5.41, 5.74) is 1.60. The van der Waals surface area contributed by atoms with E-state index in [1.54, 1.807) is 6.20 Å². The highest BCUT2D eigenvalue weighted by Gasteiger charge is 2.23. The second-order valence-electron chi connectivity index (χ2n) is 6.70. The van der Waals surface area contributed by atoms with Crippen molar-refractivity contribution in [3.63, 3.8) is 0 Å². The lowest BCUT2D eigenvalue weighted by atomic mass is 9.96. The maximum absolute atomic E-state index is 11.8. The van der Waals surface area contributed by atoms with Gasteiger partial charge in [0.25, 0.3) is 10.9 Å². The van der Waals surface area contributed by atoms with E-state index in [9.17, 15) is 9.59 Å². The summed E-state index contributed by atoms with van der Waals surface area (Å²) >= 11 is 0. The summed E-state index contributed by atoms with van der Waals surface area (Å²) in [6, 6.07) is 7.79. The Morgan fingerprint density at radius 1 is 1.05 bits per heavy atom. The zero-order valence-electron chi connectivity index (χ0n) is 12.9. The Bertz CT molecular complexity index is 893. The van der Waals surface area contributed by atoms with E-state index in [-0.39, 0.29) is 5.41 Å². The van der Waals surface area contributed by atoms with Gasteiger partial charge >= 0.3 is 0 Å². The maximum atomic E-state index is 11.8. The fraction of sp³-hybridized carbons (Fsp3) is 0.294. The third-order valence-corrected chi connectivity index (χ3v) is 3.55. The first-order valence-corrected chi connectivity index (χ1v) is 7.27. The van der Waals surface area contributed by atoms with Gasteiger partial charge in [-0.1, -0.05) is 39.0 Å². The Hall–Kier alpha value is -2.56. The van der Waals surface area contributed by atoms with E-state index in [4.69, 9.17) is 0 Å². The standard InChI is InChI=1S/C17H19N3O2/c1-17(2,3)9-19-13-14(16(22)15(13)21)20-12-8-18-11-7-5-4-6-10(11)12/h4-8,18-20H,9H2,1-3H3. The molecule has 0 aliphatic heterocycles. The Kier molecular flexibility index (Phi) is 3.28. The van der Waals surface area contributed by atoms with Gasteiger partial charge in [-0.15, -0.1) is 0 Å². The molecule has 0 saturated heterocycles. The van der Waals surface area contributed by atoms with E-state index in [1.807, 2.05) is 24.3 Å². The summed E-state index contributed by atoms with van der Waals surface area (Å²) in [5.74, 6) is 0. The number of para-hydroxylation sites is 1. The van der Waals surface area contributed by atoms with Crippen LogP contribution in [0.2, 0.25) is 0 Å². The predicted octanol–water partition coefficient (Wildman–Crippen LogP) is 2.97. The number of rotatable bonds is 4. The fourth-order valence-electron chi connectivity index (χ4n) is 2.34. The summed E-state index contributed by atoms with van der Waals surface area (Å²) < 4.78 is 0. The van der Waals surface area contributed by atoms with Gasteiger partial charge in [0.05, 0.1) is 5.69 Å². The zero-order chi connectivity index (χ0) is 15.9. The monoisotopic (exact) mass is 297 g/mol. The van der Waals surface area contributed by atoms with Gasteiger partial charge in [-0.05, 0) is 11.5 Å². The van der Waals surface area contributed by atoms with Gasteiger partial charge in [-0.25, -0.2) is 0 Å². The normalized spacial score (nSPS) is 12.0. The van der Waals surface area contributed by atoms with Crippen LogP contribution in [0.5, 0.6) is 0 Å². The molecular formula is C17H19N3O2. The van der Waals surface area contributed by atoms with Crippen LogP contribution in [0.15, 0.2) is 40.1 Å². The molecule has 5 heteroatoms. The van der Waals surface area contributed by atoms with E-state index in [0.717, 1.165) is 16.6 Å². The van der Waals surface area contributed by atoms with Crippen LogP contribution in [0, 0.1) is 5.41 Å². The molecule has 3 aromatic rings. The van der Waals surface area contributed by atoms with Crippen molar-refractivity contribution in [1.29, 1.82) is 0 Å². The largest absolute Gasteiger partial charge is 0.379 e. The minimum Gasteiger partial charge on any atom is -0.379 e. The molecule has 0 bridgehead atoms. The maximum Gasteiger partial charge on any atom is 0.253 e. The first-order valence-electron chi connectivity index (χ1n) is 7.27. The van der Waals surface area contributed by atoms with Crippen molar-refractivity contribution < 1.29 is 0 Å². The summed E-state index contributed by atoms with van der Waals surface area (Å²) in [6.45, 7) is 6.83. The molecule has 0 radical (unpaired) electrons. The average molecular weight is 297 g/mol. The molecule has 0 atom stereocenters. The Balaban J connectivity index is 1.89. The van der Waals surface area contributed by atoms with Crippen molar-refractivity contribution in [2.45, 2.75) is 20.8 Å². The molecule has 1 heterocycles. The van der Waals surface area contributed by atoms with Gasteiger partial charge in [0.2, 0.25) is 0 Å². The molecule has 5 nitrogen and oxygen atoms in total. The van der Waals surface area contributed by atoms with Crippen LogP contribution in [0.3, 0.4) is 0 Å². The quantitative estimate of drug-likeness (QED) is 0.647. The van der Waals surface area contributed by atoms with Crippen LogP contribution in [0.4, 0.5) is 17.1 Å². The number of aromatic amines is 1. The number of nitrogens with one attached hydrogen (secondary N) is 3. The minimum atomic E-state index is -0.471. The van der Waals surface area contributed by atoms with Crippen LogP contribution < -0.4 is 21.5 Å². The smallest absolute Gasteiger partial charge is 0.253 e. The number of hydrogen-bond donors (Lipinski definition) is 3. The molecule has 2 aromatic carbocycles. The van der Waals surface area contributed by atoms with Crippen LogP contribution in [-0.4, -0.2) is 11.5 Å². The molecule has 0 unspecified atom stereocenters. The number of H-pyrrole nitrogens is 1. The van der Waals surface area contributed by atoms with Gasteiger partial charge < -0.3 is 15.6 Å². The first kappa shape index (κ1) is 14.4. The molecule has 0 saturated carbocycles. The number of hydrogen-bond acceptors (Lipinski definition) is 4. The third-order valence-electron chi connectivity index (χ3n) is 3.55. The summed E-state index contributed by atoms with van der Waals surface area (Å²) in [7, 11) is 0. The molecule has 0 spiro atoms. The molecule has 0 amide bonds. The van der Waals surface area contributed by atoms with Crippen LogP contribution in [0.1, 0.15) is 20.8 Å². The van der Waals surface area contributed by atoms with Crippen molar-refractivity contribution >= 4 is 28.0 Å². The number of anilines is 3. The van der Waals surface area contributed by atoms with E-state index in [1.165, 1.54) is 0 Å². The third kappa shape index (κ3) is 2.50. The molecule has 0 aliphatic rings. The van der Waals surface area contributed by atoms with Crippen molar-refractivity contribution in [2.75, 3.05) is 17.2 Å². The van der Waals surface area contributed by atoms with Crippen molar-refractivity contribution in [1.82, 2.24) is 4.98 Å². The predicted molar refractivity (Wildman–Crippen MR) is 90.9 cm³/mol. The van der Waals surface area contributed by atoms with Crippen LogP contribution >= 0.6 is 0 Å². The van der Waals surface area contributed by atoms with Crippen LogP contribution in [0.25, 0.3) is 10.9 Å². The Labute approximate surface area is 128 Å². The van der Waals surface area contributed by atoms with Crippen molar-refractivity contribution in [3.05, 3.63) is 50.9 Å². The number of benzene rings is 1. The molecule has 3 rings (SSSR count). The molecular weight excluding hydrogens is 278 g/mol. The zero-order valence-corrected chi connectivity index (χ0v) is 12.9. The van der Waals surface area contributed by atoms with Gasteiger partial charge in [0.15, 0.2) is 0 Å². The van der Waals surface area contributed by atoms with Crippen molar-refractivity contribution in [2.24, 2.45) is 5.41 Å². The molecule has 22 heavy (non-hydrogen) atoms. The Morgan fingerprint density at radius 2 is 1.73 bits per heavy atom. The van der Waals surface area contributed by atoms with Crippen molar-refractivity contribution in [3.8, 4) is 0 Å². The molecule has 114 valence electrons. The van der Waals surface area contributed by atoms with Gasteiger partial charge in [-0.2, -0.15) is 0 Å². The minimum absolute atomic E-state index is 0.0256. The first-order chi connectivity index (χ1) is 10.4. The topological polar surface area (TPSA) is 74.0 Å². The second-order valence-corrected chi connectivity index (χ2v) is 6.70. The van der Waals surface area contributed by atoms with Gasteiger partial charge in [0.1, 0.15) is 11.4 Å². The van der Waals surface area contributed by atoms with E-state index in [2.05, 4.69) is 36.4 Å². The van der Waals surface area contributed by atoms with Crippen LogP contribution in [-0.2, 0) is 0 Å². The summed E-state index contributed by atoms with van der Waals surface area (Å²) in [4.78, 5) is 26.7. The van der Waals surface area contributed by atoms with E-state index < -0.39 is 10.9 Å². The van der Waals surface area contributed by atoms with Gasteiger partial charge in [-0.3, -0.25) is 9.59 Å². The molecule has 0 fully saturated rings.